The van der Waals surface area contributed by atoms with Crippen molar-refractivity contribution in [3.05, 3.63) is 24.3 Å². The van der Waals surface area contributed by atoms with Crippen LogP contribution < -0.4 is 5.73 Å². The van der Waals surface area contributed by atoms with E-state index < -0.39 is 0 Å². The van der Waals surface area contributed by atoms with Gasteiger partial charge in [0.15, 0.2) is 0 Å². The molecule has 1 nitrogen and oxygen atoms in total. The molecule has 2 N–H and O–H groups in total. The standard InChI is InChI=1S/C14H21NS/c1-2-11-6-8-13(9-7-11)16-14-5-3-4-12(15)10-14/h3-5,10-11,13H,2,6-9,15H2,1H3. The van der Waals surface area contributed by atoms with Gasteiger partial charge >= 0.3 is 0 Å². The molecule has 0 amide bonds. The summed E-state index contributed by atoms with van der Waals surface area (Å²) < 4.78 is 0. The topological polar surface area (TPSA) is 26.0 Å². The van der Waals surface area contributed by atoms with Crippen molar-refractivity contribution >= 4 is 17.4 Å². The van der Waals surface area contributed by atoms with E-state index >= 15 is 0 Å². The van der Waals surface area contributed by atoms with Crippen LogP contribution in [0.2, 0.25) is 0 Å². The second-order valence-corrected chi connectivity index (χ2v) is 6.12. The average molecular weight is 235 g/mol. The first-order valence-corrected chi connectivity index (χ1v) is 7.18. The summed E-state index contributed by atoms with van der Waals surface area (Å²) in [6, 6.07) is 8.27. The number of hydrogen-bond donors (Lipinski definition) is 1. The maximum absolute atomic E-state index is 5.79. The summed E-state index contributed by atoms with van der Waals surface area (Å²) in [5, 5.41) is 0.810. The van der Waals surface area contributed by atoms with Gasteiger partial charge in [0.2, 0.25) is 0 Å². The third-order valence-electron chi connectivity index (χ3n) is 3.53. The maximum atomic E-state index is 5.79. The van der Waals surface area contributed by atoms with E-state index in [1.807, 2.05) is 17.8 Å². The lowest BCUT2D eigenvalue weighted by Gasteiger charge is -2.27. The van der Waals surface area contributed by atoms with Gasteiger partial charge in [-0.15, -0.1) is 11.8 Å². The molecular weight excluding hydrogens is 214 g/mol. The number of nitrogens with two attached hydrogens (primary N) is 1. The molecule has 1 aliphatic rings. The van der Waals surface area contributed by atoms with Gasteiger partial charge in [-0.3, -0.25) is 0 Å². The Morgan fingerprint density at radius 2 is 2.00 bits per heavy atom. The first-order chi connectivity index (χ1) is 7.78. The van der Waals surface area contributed by atoms with Gasteiger partial charge < -0.3 is 5.73 Å². The number of nitrogen functional groups attached to an aromatic ring is 1. The Hall–Kier alpha value is -0.630. The largest absolute Gasteiger partial charge is 0.399 e. The van der Waals surface area contributed by atoms with E-state index in [2.05, 4.69) is 25.1 Å². The highest BCUT2D eigenvalue weighted by Gasteiger charge is 2.20. The molecule has 1 fully saturated rings. The summed E-state index contributed by atoms with van der Waals surface area (Å²) in [6.45, 7) is 2.32. The van der Waals surface area contributed by atoms with E-state index in [1.165, 1.54) is 37.0 Å². The van der Waals surface area contributed by atoms with E-state index in [0.29, 0.717) is 0 Å². The van der Waals surface area contributed by atoms with Crippen LogP contribution >= 0.6 is 11.8 Å². The maximum Gasteiger partial charge on any atom is 0.0325 e. The van der Waals surface area contributed by atoms with E-state index in [4.69, 9.17) is 5.73 Å². The summed E-state index contributed by atoms with van der Waals surface area (Å²) in [4.78, 5) is 1.33. The molecule has 1 aliphatic carbocycles. The predicted molar refractivity (Wildman–Crippen MR) is 72.7 cm³/mol. The highest BCUT2D eigenvalue weighted by Crippen LogP contribution is 2.37. The van der Waals surface area contributed by atoms with E-state index in [1.54, 1.807) is 0 Å². The first kappa shape index (κ1) is 11.8. The van der Waals surface area contributed by atoms with Crippen molar-refractivity contribution in [2.75, 3.05) is 5.73 Å². The van der Waals surface area contributed by atoms with Crippen molar-refractivity contribution in [2.24, 2.45) is 5.92 Å². The molecule has 0 bridgehead atoms. The Kier molecular flexibility index (Phi) is 4.16. The fraction of sp³-hybridized carbons (Fsp3) is 0.571. The molecule has 0 aromatic heterocycles. The Morgan fingerprint density at radius 1 is 1.25 bits per heavy atom. The zero-order chi connectivity index (χ0) is 11.4. The number of anilines is 1. The van der Waals surface area contributed by atoms with Crippen LogP contribution in [0.15, 0.2) is 29.2 Å². The van der Waals surface area contributed by atoms with Gasteiger partial charge in [0.1, 0.15) is 0 Å². The normalized spacial score (nSPS) is 25.6. The minimum Gasteiger partial charge on any atom is -0.399 e. The lowest BCUT2D eigenvalue weighted by molar-refractivity contribution is 0.356. The summed E-state index contributed by atoms with van der Waals surface area (Å²) in [7, 11) is 0. The van der Waals surface area contributed by atoms with Crippen LogP contribution in [0.5, 0.6) is 0 Å². The SMILES string of the molecule is CCC1CCC(Sc2cccc(N)c2)CC1. The molecule has 1 aromatic carbocycles. The van der Waals surface area contributed by atoms with Gasteiger partial charge in [-0.05, 0) is 49.8 Å². The lowest BCUT2D eigenvalue weighted by Crippen LogP contribution is -2.15. The molecular formula is C14H21NS. The molecule has 0 radical (unpaired) electrons. The van der Waals surface area contributed by atoms with Crippen molar-refractivity contribution < 1.29 is 0 Å². The number of rotatable bonds is 3. The van der Waals surface area contributed by atoms with Crippen LogP contribution in [-0.2, 0) is 0 Å². The second kappa shape index (κ2) is 5.62. The molecule has 0 spiro atoms. The Morgan fingerprint density at radius 3 is 2.62 bits per heavy atom. The van der Waals surface area contributed by atoms with Crippen molar-refractivity contribution in [1.29, 1.82) is 0 Å². The molecule has 0 heterocycles. The molecule has 2 rings (SSSR count). The lowest BCUT2D eigenvalue weighted by atomic mass is 9.87. The summed E-state index contributed by atoms with van der Waals surface area (Å²) in [5.74, 6) is 0.984. The van der Waals surface area contributed by atoms with Crippen molar-refractivity contribution in [3.8, 4) is 0 Å². The summed E-state index contributed by atoms with van der Waals surface area (Å²) >= 11 is 2.01. The van der Waals surface area contributed by atoms with Crippen LogP contribution in [0.25, 0.3) is 0 Å². The minimum atomic E-state index is 0.810. The third kappa shape index (κ3) is 3.18. The fourth-order valence-corrected chi connectivity index (χ4v) is 3.69. The molecule has 88 valence electrons. The quantitative estimate of drug-likeness (QED) is 0.789. The van der Waals surface area contributed by atoms with Crippen LogP contribution in [0, 0.1) is 5.92 Å². The highest BCUT2D eigenvalue weighted by molar-refractivity contribution is 8.00. The van der Waals surface area contributed by atoms with Gasteiger partial charge in [0, 0.05) is 15.8 Å². The van der Waals surface area contributed by atoms with Gasteiger partial charge in [0.05, 0.1) is 0 Å². The summed E-state index contributed by atoms with van der Waals surface area (Å²) in [6.07, 6.45) is 6.93. The number of hydrogen-bond acceptors (Lipinski definition) is 2. The van der Waals surface area contributed by atoms with E-state index in [-0.39, 0.29) is 0 Å². The van der Waals surface area contributed by atoms with Gasteiger partial charge in [-0.1, -0.05) is 19.4 Å². The van der Waals surface area contributed by atoms with Crippen molar-refractivity contribution in [1.82, 2.24) is 0 Å². The molecule has 0 atom stereocenters. The third-order valence-corrected chi connectivity index (χ3v) is 4.86. The van der Waals surface area contributed by atoms with Crippen LogP contribution in [0.1, 0.15) is 39.0 Å². The highest BCUT2D eigenvalue weighted by atomic mass is 32.2. The Bertz CT molecular complexity index is 329. The number of thioether (sulfide) groups is 1. The Balaban J connectivity index is 1.87. The van der Waals surface area contributed by atoms with Crippen LogP contribution in [0.3, 0.4) is 0 Å². The van der Waals surface area contributed by atoms with Crippen LogP contribution in [-0.4, -0.2) is 5.25 Å². The molecule has 2 heteroatoms. The first-order valence-electron chi connectivity index (χ1n) is 6.30. The molecule has 0 saturated heterocycles. The molecule has 0 unspecified atom stereocenters. The Labute approximate surface area is 103 Å². The predicted octanol–water partition coefficient (Wildman–Crippen LogP) is 4.33. The minimum absolute atomic E-state index is 0.810. The molecule has 1 saturated carbocycles. The zero-order valence-corrected chi connectivity index (χ0v) is 10.8. The average Bonchev–Trinajstić information content (AvgIpc) is 2.30. The fourth-order valence-electron chi connectivity index (χ4n) is 2.44. The zero-order valence-electron chi connectivity index (χ0n) is 9.99. The van der Waals surface area contributed by atoms with E-state index in [0.717, 1.165) is 16.9 Å². The summed E-state index contributed by atoms with van der Waals surface area (Å²) in [5.41, 5.74) is 6.68. The molecule has 0 aliphatic heterocycles. The monoisotopic (exact) mass is 235 g/mol. The van der Waals surface area contributed by atoms with Gasteiger partial charge in [-0.2, -0.15) is 0 Å². The smallest absolute Gasteiger partial charge is 0.0325 e. The van der Waals surface area contributed by atoms with Crippen LogP contribution in [0.4, 0.5) is 5.69 Å². The van der Waals surface area contributed by atoms with Gasteiger partial charge in [-0.25, -0.2) is 0 Å². The molecule has 1 aromatic rings. The van der Waals surface area contributed by atoms with Crippen molar-refractivity contribution in [2.45, 2.75) is 49.2 Å². The molecule has 16 heavy (non-hydrogen) atoms. The van der Waals surface area contributed by atoms with E-state index in [9.17, 15) is 0 Å². The number of benzene rings is 1. The van der Waals surface area contributed by atoms with Gasteiger partial charge in [0.25, 0.3) is 0 Å². The van der Waals surface area contributed by atoms with Crippen molar-refractivity contribution in [3.63, 3.8) is 0 Å². The second-order valence-electron chi connectivity index (χ2n) is 4.74.